The summed E-state index contributed by atoms with van der Waals surface area (Å²) in [6.45, 7) is 9.55. The van der Waals surface area contributed by atoms with Gasteiger partial charge >= 0.3 is 0 Å². The van der Waals surface area contributed by atoms with Crippen molar-refractivity contribution in [3.05, 3.63) is 65.5 Å². The molecule has 4 rings (SSSR count). The summed E-state index contributed by atoms with van der Waals surface area (Å²) < 4.78 is 17.7. The number of hydrogen-bond donors (Lipinski definition) is 0. The van der Waals surface area contributed by atoms with Gasteiger partial charge in [-0.2, -0.15) is 0 Å². The molecule has 1 aliphatic heterocycles. The molecule has 0 amide bonds. The van der Waals surface area contributed by atoms with E-state index in [0.29, 0.717) is 12.5 Å². The number of aryl methyl sites for hydroxylation is 2. The molecule has 1 aromatic heterocycles. The molecule has 2 heterocycles. The van der Waals surface area contributed by atoms with Crippen molar-refractivity contribution >= 4 is 0 Å². The van der Waals surface area contributed by atoms with Crippen LogP contribution in [0.4, 0.5) is 0 Å². The number of rotatable bonds is 7. The Morgan fingerprint density at radius 2 is 1.77 bits per heavy atom. The summed E-state index contributed by atoms with van der Waals surface area (Å²) in [4.78, 5) is 7.20. The summed E-state index contributed by atoms with van der Waals surface area (Å²) in [6.07, 6.45) is 2.33. The molecule has 0 saturated carbocycles. The maximum Gasteiger partial charge on any atom is 0.226 e. The first-order valence-corrected chi connectivity index (χ1v) is 10.8. The van der Waals surface area contributed by atoms with E-state index in [1.165, 1.54) is 5.56 Å². The Bertz CT molecular complexity index is 957. The lowest BCUT2D eigenvalue weighted by Gasteiger charge is -2.32. The molecule has 0 atom stereocenters. The summed E-state index contributed by atoms with van der Waals surface area (Å²) >= 11 is 0. The molecule has 0 aliphatic carbocycles. The number of oxazole rings is 1. The molecular formula is C25H30N2O3. The third-order valence-electron chi connectivity index (χ3n) is 5.60. The lowest BCUT2D eigenvalue weighted by Crippen LogP contribution is -2.38. The third-order valence-corrected chi connectivity index (χ3v) is 5.60. The molecule has 158 valence electrons. The van der Waals surface area contributed by atoms with E-state index in [1.54, 1.807) is 0 Å². The molecule has 2 aromatic carbocycles. The average molecular weight is 407 g/mol. The predicted octanol–water partition coefficient (Wildman–Crippen LogP) is 5.40. The number of ether oxygens (including phenoxy) is 2. The highest BCUT2D eigenvalue weighted by Crippen LogP contribution is 2.26. The highest BCUT2D eigenvalue weighted by Gasteiger charge is 2.23. The van der Waals surface area contributed by atoms with Crippen LogP contribution >= 0.6 is 0 Å². The molecule has 1 saturated heterocycles. The van der Waals surface area contributed by atoms with Gasteiger partial charge in [0.2, 0.25) is 5.89 Å². The first kappa shape index (κ1) is 20.5. The van der Waals surface area contributed by atoms with Gasteiger partial charge in [-0.3, -0.25) is 4.90 Å². The minimum atomic E-state index is 0.278. The summed E-state index contributed by atoms with van der Waals surface area (Å²) in [7, 11) is 0. The monoisotopic (exact) mass is 406 g/mol. The van der Waals surface area contributed by atoms with Crippen molar-refractivity contribution in [2.24, 2.45) is 0 Å². The highest BCUT2D eigenvalue weighted by atomic mass is 16.5. The summed E-state index contributed by atoms with van der Waals surface area (Å²) in [5.41, 5.74) is 3.18. The van der Waals surface area contributed by atoms with Crippen molar-refractivity contribution in [1.29, 1.82) is 0 Å². The number of aromatic nitrogens is 1. The van der Waals surface area contributed by atoms with Crippen molar-refractivity contribution in [2.75, 3.05) is 19.7 Å². The average Bonchev–Trinajstić information content (AvgIpc) is 3.12. The molecule has 30 heavy (non-hydrogen) atoms. The Kier molecular flexibility index (Phi) is 6.38. The molecule has 0 N–H and O–H groups in total. The Morgan fingerprint density at radius 1 is 1.03 bits per heavy atom. The van der Waals surface area contributed by atoms with Crippen LogP contribution in [-0.4, -0.2) is 35.7 Å². The largest absolute Gasteiger partial charge is 0.494 e. The number of para-hydroxylation sites is 1. The normalized spacial score (nSPS) is 15.3. The molecule has 1 fully saturated rings. The molecular weight excluding hydrogens is 376 g/mol. The Morgan fingerprint density at radius 3 is 2.47 bits per heavy atom. The topological polar surface area (TPSA) is 47.7 Å². The van der Waals surface area contributed by atoms with Gasteiger partial charge in [0.1, 0.15) is 23.4 Å². The van der Waals surface area contributed by atoms with Gasteiger partial charge < -0.3 is 13.9 Å². The molecule has 3 aromatic rings. The fraction of sp³-hybridized carbons (Fsp3) is 0.400. The van der Waals surface area contributed by atoms with Gasteiger partial charge in [-0.25, -0.2) is 4.98 Å². The zero-order chi connectivity index (χ0) is 20.9. The lowest BCUT2D eigenvalue weighted by atomic mass is 10.1. The predicted molar refractivity (Wildman–Crippen MR) is 118 cm³/mol. The summed E-state index contributed by atoms with van der Waals surface area (Å²) in [5, 5.41) is 0. The van der Waals surface area contributed by atoms with Gasteiger partial charge in [0.25, 0.3) is 0 Å². The van der Waals surface area contributed by atoms with Crippen molar-refractivity contribution in [3.8, 4) is 23.0 Å². The lowest BCUT2D eigenvalue weighted by molar-refractivity contribution is 0.0954. The Balaban J connectivity index is 1.34. The van der Waals surface area contributed by atoms with E-state index in [1.807, 2.05) is 50.2 Å². The van der Waals surface area contributed by atoms with E-state index < -0.39 is 0 Å². The van der Waals surface area contributed by atoms with Crippen LogP contribution in [0, 0.1) is 13.8 Å². The first-order chi connectivity index (χ1) is 14.6. The van der Waals surface area contributed by atoms with Gasteiger partial charge in [0.05, 0.1) is 12.3 Å². The standard InChI is InChI=1S/C25H30N2O3/c1-4-28-21-11-9-20(10-12-21)25-26-23(19(3)29-25)17-27-15-13-22(14-16-27)30-24-8-6-5-7-18(24)2/h5-12,22H,4,13-17H2,1-3H3. The molecule has 0 spiro atoms. The van der Waals surface area contributed by atoms with Crippen LogP contribution in [0.15, 0.2) is 52.9 Å². The second-order valence-electron chi connectivity index (χ2n) is 7.84. The molecule has 0 bridgehead atoms. The van der Waals surface area contributed by atoms with E-state index >= 15 is 0 Å². The van der Waals surface area contributed by atoms with Crippen LogP contribution in [-0.2, 0) is 6.54 Å². The number of likely N-dealkylation sites (tertiary alicyclic amines) is 1. The first-order valence-electron chi connectivity index (χ1n) is 10.8. The zero-order valence-electron chi connectivity index (χ0n) is 18.1. The van der Waals surface area contributed by atoms with Crippen LogP contribution in [0.5, 0.6) is 11.5 Å². The fourth-order valence-electron chi connectivity index (χ4n) is 3.82. The second-order valence-corrected chi connectivity index (χ2v) is 7.84. The third kappa shape index (κ3) is 4.85. The van der Waals surface area contributed by atoms with Gasteiger partial charge in [-0.05, 0) is 69.5 Å². The van der Waals surface area contributed by atoms with Crippen molar-refractivity contribution in [3.63, 3.8) is 0 Å². The Labute approximate surface area is 178 Å². The zero-order valence-corrected chi connectivity index (χ0v) is 18.1. The van der Waals surface area contributed by atoms with Crippen molar-refractivity contribution in [2.45, 2.75) is 46.3 Å². The van der Waals surface area contributed by atoms with E-state index in [-0.39, 0.29) is 6.10 Å². The molecule has 5 heteroatoms. The van der Waals surface area contributed by atoms with E-state index in [4.69, 9.17) is 18.9 Å². The van der Waals surface area contributed by atoms with Crippen LogP contribution in [0.25, 0.3) is 11.5 Å². The van der Waals surface area contributed by atoms with E-state index in [0.717, 1.165) is 61.0 Å². The summed E-state index contributed by atoms with van der Waals surface area (Å²) in [5.74, 6) is 3.42. The van der Waals surface area contributed by atoms with Crippen LogP contribution in [0.3, 0.4) is 0 Å². The fourth-order valence-corrected chi connectivity index (χ4v) is 3.82. The SMILES string of the molecule is CCOc1ccc(-c2nc(CN3CCC(Oc4ccccc4C)CC3)c(C)o2)cc1. The molecule has 5 nitrogen and oxygen atoms in total. The maximum absolute atomic E-state index is 6.23. The number of piperidine rings is 1. The van der Waals surface area contributed by atoms with Crippen LogP contribution in [0.2, 0.25) is 0 Å². The number of nitrogens with zero attached hydrogens (tertiary/aromatic N) is 2. The van der Waals surface area contributed by atoms with Crippen LogP contribution in [0.1, 0.15) is 36.8 Å². The Hall–Kier alpha value is -2.79. The van der Waals surface area contributed by atoms with Gasteiger partial charge in [-0.15, -0.1) is 0 Å². The van der Waals surface area contributed by atoms with E-state index in [9.17, 15) is 0 Å². The quantitative estimate of drug-likeness (QED) is 0.526. The number of benzene rings is 2. The maximum atomic E-state index is 6.23. The summed E-state index contributed by atoms with van der Waals surface area (Å²) in [6, 6.07) is 16.1. The number of hydrogen-bond acceptors (Lipinski definition) is 5. The van der Waals surface area contributed by atoms with E-state index in [2.05, 4.69) is 24.0 Å². The van der Waals surface area contributed by atoms with Gasteiger partial charge in [0, 0.05) is 25.2 Å². The highest BCUT2D eigenvalue weighted by molar-refractivity contribution is 5.55. The smallest absolute Gasteiger partial charge is 0.226 e. The van der Waals surface area contributed by atoms with Gasteiger partial charge in [0.15, 0.2) is 0 Å². The minimum absolute atomic E-state index is 0.278. The molecule has 0 radical (unpaired) electrons. The van der Waals surface area contributed by atoms with Gasteiger partial charge in [-0.1, -0.05) is 18.2 Å². The molecule has 0 unspecified atom stereocenters. The molecule has 1 aliphatic rings. The van der Waals surface area contributed by atoms with Crippen molar-refractivity contribution in [1.82, 2.24) is 9.88 Å². The minimum Gasteiger partial charge on any atom is -0.494 e. The van der Waals surface area contributed by atoms with Crippen molar-refractivity contribution < 1.29 is 13.9 Å². The van der Waals surface area contributed by atoms with Crippen LogP contribution < -0.4 is 9.47 Å². The second kappa shape index (κ2) is 9.35.